The fourth-order valence-electron chi connectivity index (χ4n) is 2.52. The molecule has 5 nitrogen and oxygen atoms in total. The van der Waals surface area contributed by atoms with Gasteiger partial charge in [0.1, 0.15) is 17.8 Å². The number of methoxy groups -OCH3 is 1. The maximum absolute atomic E-state index is 5.60. The minimum absolute atomic E-state index is 0.597. The highest BCUT2D eigenvalue weighted by atomic mass is 16.5. The number of hydrogen-bond donors (Lipinski definition) is 1. The van der Waals surface area contributed by atoms with Crippen LogP contribution in [0.25, 0.3) is 11.5 Å². The van der Waals surface area contributed by atoms with Crippen molar-refractivity contribution in [3.63, 3.8) is 0 Å². The van der Waals surface area contributed by atoms with Crippen molar-refractivity contribution in [1.29, 1.82) is 0 Å². The molecule has 3 rings (SSSR count). The van der Waals surface area contributed by atoms with Crippen molar-refractivity contribution in [3.05, 3.63) is 66.1 Å². The fourth-order valence-corrected chi connectivity index (χ4v) is 2.52. The largest absolute Gasteiger partial charge is 0.497 e. The van der Waals surface area contributed by atoms with Gasteiger partial charge in [0.15, 0.2) is 0 Å². The van der Waals surface area contributed by atoms with E-state index in [1.165, 1.54) is 0 Å². The molecule has 0 unspecified atom stereocenters. The first-order valence-electron chi connectivity index (χ1n) is 8.29. The number of aromatic nitrogens is 1. The van der Waals surface area contributed by atoms with Crippen molar-refractivity contribution in [2.24, 2.45) is 0 Å². The number of benzene rings is 2. The highest BCUT2D eigenvalue weighted by Gasteiger charge is 2.08. The minimum atomic E-state index is 0.597. The van der Waals surface area contributed by atoms with Crippen molar-refractivity contribution in [2.45, 2.75) is 20.0 Å². The van der Waals surface area contributed by atoms with E-state index >= 15 is 0 Å². The topological polar surface area (TPSA) is 56.5 Å². The van der Waals surface area contributed by atoms with Gasteiger partial charge in [0.05, 0.1) is 19.4 Å². The maximum Gasteiger partial charge on any atom is 0.226 e. The van der Waals surface area contributed by atoms with Crippen LogP contribution in [-0.4, -0.2) is 18.7 Å². The molecule has 0 atom stereocenters. The molecule has 0 saturated heterocycles. The van der Waals surface area contributed by atoms with Crippen molar-refractivity contribution in [2.75, 3.05) is 13.7 Å². The second-order valence-corrected chi connectivity index (χ2v) is 5.56. The quantitative estimate of drug-likeness (QED) is 0.672. The van der Waals surface area contributed by atoms with E-state index in [1.807, 2.05) is 49.4 Å². The first-order valence-corrected chi connectivity index (χ1v) is 8.29. The normalized spacial score (nSPS) is 10.6. The van der Waals surface area contributed by atoms with Crippen LogP contribution in [0.4, 0.5) is 0 Å². The van der Waals surface area contributed by atoms with Gasteiger partial charge < -0.3 is 19.2 Å². The van der Waals surface area contributed by atoms with E-state index in [0.717, 1.165) is 34.9 Å². The van der Waals surface area contributed by atoms with Crippen molar-refractivity contribution >= 4 is 0 Å². The standard InChI is InChI=1S/C20H22N2O3/c1-3-24-19-9-5-7-16(11-19)20-22-17(14-25-20)13-21-12-15-6-4-8-18(10-15)23-2/h4-11,14,21H,3,12-13H2,1-2H3. The number of rotatable bonds is 8. The lowest BCUT2D eigenvalue weighted by molar-refractivity contribution is 0.340. The van der Waals surface area contributed by atoms with Crippen LogP contribution in [0.15, 0.2) is 59.2 Å². The molecular formula is C20H22N2O3. The monoisotopic (exact) mass is 338 g/mol. The molecule has 0 saturated carbocycles. The van der Waals surface area contributed by atoms with Crippen LogP contribution in [0.5, 0.6) is 11.5 Å². The molecule has 130 valence electrons. The molecule has 0 spiro atoms. The zero-order valence-corrected chi connectivity index (χ0v) is 14.5. The minimum Gasteiger partial charge on any atom is -0.497 e. The summed E-state index contributed by atoms with van der Waals surface area (Å²) in [5, 5.41) is 3.36. The van der Waals surface area contributed by atoms with Crippen molar-refractivity contribution < 1.29 is 13.9 Å². The lowest BCUT2D eigenvalue weighted by Crippen LogP contribution is -2.12. The molecule has 1 heterocycles. The molecule has 0 fully saturated rings. The summed E-state index contributed by atoms with van der Waals surface area (Å²) in [4.78, 5) is 4.54. The number of nitrogens with one attached hydrogen (secondary N) is 1. The molecule has 0 amide bonds. The third-order valence-electron chi connectivity index (χ3n) is 3.71. The number of oxazole rings is 1. The Morgan fingerprint density at radius 2 is 1.88 bits per heavy atom. The molecule has 25 heavy (non-hydrogen) atoms. The predicted octanol–water partition coefficient (Wildman–Crippen LogP) is 4.04. The third kappa shape index (κ3) is 4.61. The smallest absolute Gasteiger partial charge is 0.226 e. The molecule has 1 N–H and O–H groups in total. The van der Waals surface area contributed by atoms with E-state index in [1.54, 1.807) is 13.4 Å². The lowest BCUT2D eigenvalue weighted by Gasteiger charge is -2.05. The van der Waals surface area contributed by atoms with E-state index < -0.39 is 0 Å². The lowest BCUT2D eigenvalue weighted by atomic mass is 10.2. The van der Waals surface area contributed by atoms with Gasteiger partial charge in [-0.1, -0.05) is 18.2 Å². The van der Waals surface area contributed by atoms with E-state index in [-0.39, 0.29) is 0 Å². The Morgan fingerprint density at radius 1 is 1.04 bits per heavy atom. The van der Waals surface area contributed by atoms with Gasteiger partial charge in [0.2, 0.25) is 5.89 Å². The second kappa shape index (κ2) is 8.35. The Bertz CT molecular complexity index is 814. The van der Waals surface area contributed by atoms with Crippen molar-refractivity contribution in [1.82, 2.24) is 10.3 Å². The van der Waals surface area contributed by atoms with Gasteiger partial charge in [-0.2, -0.15) is 0 Å². The Morgan fingerprint density at radius 3 is 2.72 bits per heavy atom. The van der Waals surface area contributed by atoms with Crippen molar-refractivity contribution in [3.8, 4) is 23.0 Å². The maximum atomic E-state index is 5.60. The Hall–Kier alpha value is -2.79. The average molecular weight is 338 g/mol. The molecule has 0 aliphatic carbocycles. The molecular weight excluding hydrogens is 316 g/mol. The first kappa shape index (κ1) is 17.0. The van der Waals surface area contributed by atoms with Crippen LogP contribution in [0, 0.1) is 0 Å². The predicted molar refractivity (Wildman–Crippen MR) is 96.6 cm³/mol. The number of ether oxygens (including phenoxy) is 2. The summed E-state index contributed by atoms with van der Waals surface area (Å²) in [6.07, 6.45) is 1.68. The molecule has 3 aromatic rings. The van der Waals surface area contributed by atoms with Crippen LogP contribution >= 0.6 is 0 Å². The Balaban J connectivity index is 1.59. The Kier molecular flexibility index (Phi) is 5.69. The molecule has 0 aliphatic heterocycles. The first-order chi connectivity index (χ1) is 12.3. The molecule has 1 aromatic heterocycles. The summed E-state index contributed by atoms with van der Waals surface area (Å²) < 4.78 is 16.3. The van der Waals surface area contributed by atoms with Crippen LogP contribution in [0.3, 0.4) is 0 Å². The molecule has 2 aromatic carbocycles. The van der Waals surface area contributed by atoms with Gasteiger partial charge in [-0.05, 0) is 42.8 Å². The van der Waals surface area contributed by atoms with Gasteiger partial charge in [-0.3, -0.25) is 0 Å². The highest BCUT2D eigenvalue weighted by Crippen LogP contribution is 2.23. The van der Waals surface area contributed by atoms with Gasteiger partial charge >= 0.3 is 0 Å². The number of hydrogen-bond acceptors (Lipinski definition) is 5. The fraction of sp³-hybridized carbons (Fsp3) is 0.250. The summed E-state index contributed by atoms with van der Waals surface area (Å²) in [6, 6.07) is 15.7. The molecule has 0 radical (unpaired) electrons. The molecule has 5 heteroatoms. The van der Waals surface area contributed by atoms with Crippen LogP contribution < -0.4 is 14.8 Å². The summed E-state index contributed by atoms with van der Waals surface area (Å²) in [6.45, 7) is 3.96. The van der Waals surface area contributed by atoms with E-state index in [0.29, 0.717) is 19.0 Å². The van der Waals surface area contributed by atoms with E-state index in [2.05, 4.69) is 16.4 Å². The summed E-state index contributed by atoms with van der Waals surface area (Å²) >= 11 is 0. The van der Waals surface area contributed by atoms with Gasteiger partial charge in [0.25, 0.3) is 0 Å². The van der Waals surface area contributed by atoms with Crippen LogP contribution in [0.2, 0.25) is 0 Å². The highest BCUT2D eigenvalue weighted by molar-refractivity contribution is 5.56. The average Bonchev–Trinajstić information content (AvgIpc) is 3.11. The van der Waals surface area contributed by atoms with Gasteiger partial charge in [-0.15, -0.1) is 0 Å². The van der Waals surface area contributed by atoms with E-state index in [9.17, 15) is 0 Å². The zero-order chi connectivity index (χ0) is 17.5. The Labute approximate surface area is 147 Å². The molecule has 0 aliphatic rings. The van der Waals surface area contributed by atoms with Gasteiger partial charge in [0, 0.05) is 18.7 Å². The summed E-state index contributed by atoms with van der Waals surface area (Å²) in [5.41, 5.74) is 2.93. The van der Waals surface area contributed by atoms with Crippen LogP contribution in [-0.2, 0) is 13.1 Å². The molecule has 0 bridgehead atoms. The number of nitrogens with zero attached hydrogens (tertiary/aromatic N) is 1. The summed E-state index contributed by atoms with van der Waals surface area (Å²) in [5.74, 6) is 2.27. The third-order valence-corrected chi connectivity index (χ3v) is 3.71. The zero-order valence-electron chi connectivity index (χ0n) is 14.5. The van der Waals surface area contributed by atoms with Crippen LogP contribution in [0.1, 0.15) is 18.2 Å². The summed E-state index contributed by atoms with van der Waals surface area (Å²) in [7, 11) is 1.67. The second-order valence-electron chi connectivity index (χ2n) is 5.56. The van der Waals surface area contributed by atoms with E-state index in [4.69, 9.17) is 13.9 Å². The SMILES string of the molecule is CCOc1cccc(-c2nc(CNCc3cccc(OC)c3)co2)c1. The van der Waals surface area contributed by atoms with Gasteiger partial charge in [-0.25, -0.2) is 4.98 Å².